The zero-order valence-corrected chi connectivity index (χ0v) is 11.9. The van der Waals surface area contributed by atoms with E-state index in [2.05, 4.69) is 5.10 Å². The van der Waals surface area contributed by atoms with E-state index in [4.69, 9.17) is 4.74 Å². The number of hydrogen-bond acceptors (Lipinski definition) is 5. The molecule has 7 nitrogen and oxygen atoms in total. The number of aryl methyl sites for hydroxylation is 1. The van der Waals surface area contributed by atoms with Crippen LogP contribution in [-0.4, -0.2) is 19.8 Å². The molecule has 112 valence electrons. The van der Waals surface area contributed by atoms with Crippen LogP contribution in [0.2, 0.25) is 0 Å². The highest BCUT2D eigenvalue weighted by Crippen LogP contribution is 2.33. The third kappa shape index (κ3) is 3.57. The van der Waals surface area contributed by atoms with Gasteiger partial charge in [-0.05, 0) is 25.0 Å². The minimum atomic E-state index is -0.773. The fraction of sp³-hybridized carbons (Fsp3) is 0.357. The Balaban J connectivity index is 2.27. The Labute approximate surface area is 121 Å². The van der Waals surface area contributed by atoms with E-state index in [9.17, 15) is 15.2 Å². The predicted octanol–water partition coefficient (Wildman–Crippen LogP) is 3.05. The van der Waals surface area contributed by atoms with E-state index >= 15 is 0 Å². The number of ether oxygens (including phenoxy) is 1. The molecule has 21 heavy (non-hydrogen) atoms. The van der Waals surface area contributed by atoms with Crippen LogP contribution >= 0.6 is 0 Å². The first-order chi connectivity index (χ1) is 10.0. The first kappa shape index (κ1) is 15.0. The molecule has 0 aliphatic carbocycles. The molecule has 7 heteroatoms. The molecule has 0 unspecified atom stereocenters. The first-order valence-corrected chi connectivity index (χ1v) is 6.68. The molecule has 0 fully saturated rings. The SMILES string of the molecule is CCCn1cc(Oc2ccc([C@@H](C)O)cc2[N+](=O)[O-])cn1. The third-order valence-electron chi connectivity index (χ3n) is 2.95. The summed E-state index contributed by atoms with van der Waals surface area (Å²) >= 11 is 0. The second kappa shape index (κ2) is 6.36. The Hall–Kier alpha value is -2.41. The van der Waals surface area contributed by atoms with Crippen LogP contribution < -0.4 is 4.74 Å². The average Bonchev–Trinajstić information content (AvgIpc) is 2.86. The van der Waals surface area contributed by atoms with Crippen molar-refractivity contribution in [1.82, 2.24) is 9.78 Å². The highest BCUT2D eigenvalue weighted by Gasteiger charge is 2.18. The van der Waals surface area contributed by atoms with Crippen LogP contribution in [0.5, 0.6) is 11.5 Å². The summed E-state index contributed by atoms with van der Waals surface area (Å²) in [7, 11) is 0. The van der Waals surface area contributed by atoms with Crippen molar-refractivity contribution in [1.29, 1.82) is 0 Å². The van der Waals surface area contributed by atoms with Crippen molar-refractivity contribution in [2.45, 2.75) is 32.9 Å². The number of hydrogen-bond donors (Lipinski definition) is 1. The van der Waals surface area contributed by atoms with Gasteiger partial charge < -0.3 is 9.84 Å². The Morgan fingerprint density at radius 3 is 2.90 bits per heavy atom. The van der Waals surface area contributed by atoms with Gasteiger partial charge in [-0.25, -0.2) is 0 Å². The number of aliphatic hydroxyl groups excluding tert-OH is 1. The monoisotopic (exact) mass is 291 g/mol. The van der Waals surface area contributed by atoms with Crippen molar-refractivity contribution < 1.29 is 14.8 Å². The third-order valence-corrected chi connectivity index (χ3v) is 2.95. The lowest BCUT2D eigenvalue weighted by atomic mass is 10.1. The molecule has 0 bridgehead atoms. The molecule has 0 aliphatic heterocycles. The lowest BCUT2D eigenvalue weighted by molar-refractivity contribution is -0.385. The van der Waals surface area contributed by atoms with Crippen molar-refractivity contribution in [3.05, 3.63) is 46.3 Å². The maximum atomic E-state index is 11.1. The summed E-state index contributed by atoms with van der Waals surface area (Å²) in [6.45, 7) is 4.34. The van der Waals surface area contributed by atoms with Crippen molar-refractivity contribution >= 4 is 5.69 Å². The van der Waals surface area contributed by atoms with Crippen LogP contribution in [0.4, 0.5) is 5.69 Å². The smallest absolute Gasteiger partial charge is 0.311 e. The van der Waals surface area contributed by atoms with E-state index in [-0.39, 0.29) is 11.4 Å². The molecule has 1 aromatic carbocycles. The minimum absolute atomic E-state index is 0.125. The largest absolute Gasteiger partial charge is 0.447 e. The van der Waals surface area contributed by atoms with Gasteiger partial charge in [0.25, 0.3) is 0 Å². The molecular formula is C14H17N3O4. The number of rotatable bonds is 6. The molecule has 0 aliphatic rings. The van der Waals surface area contributed by atoms with E-state index in [0.29, 0.717) is 11.3 Å². The van der Waals surface area contributed by atoms with Gasteiger partial charge in [0.1, 0.15) is 0 Å². The van der Waals surface area contributed by atoms with Gasteiger partial charge in [0.15, 0.2) is 5.75 Å². The Kier molecular flexibility index (Phi) is 4.54. The normalized spacial score (nSPS) is 12.1. The first-order valence-electron chi connectivity index (χ1n) is 6.68. The van der Waals surface area contributed by atoms with Gasteiger partial charge in [0.05, 0.1) is 23.4 Å². The molecule has 0 radical (unpaired) electrons. The van der Waals surface area contributed by atoms with Gasteiger partial charge >= 0.3 is 5.69 Å². The number of aromatic nitrogens is 2. The van der Waals surface area contributed by atoms with Gasteiger partial charge in [0.2, 0.25) is 5.75 Å². The predicted molar refractivity (Wildman–Crippen MR) is 76.3 cm³/mol. The quantitative estimate of drug-likeness (QED) is 0.652. The van der Waals surface area contributed by atoms with E-state index < -0.39 is 11.0 Å². The maximum Gasteiger partial charge on any atom is 0.311 e. The number of nitrogens with zero attached hydrogens (tertiary/aromatic N) is 3. The van der Waals surface area contributed by atoms with Crippen molar-refractivity contribution in [2.75, 3.05) is 0 Å². The Morgan fingerprint density at radius 2 is 2.29 bits per heavy atom. The molecule has 1 heterocycles. The van der Waals surface area contributed by atoms with Crippen LogP contribution in [-0.2, 0) is 6.54 Å². The standard InChI is InChI=1S/C14H17N3O4/c1-3-6-16-9-12(8-15-16)21-14-5-4-11(10(2)18)7-13(14)17(19)20/h4-5,7-10,18H,3,6H2,1-2H3/t10-/m1/s1. The summed E-state index contributed by atoms with van der Waals surface area (Å²) in [4.78, 5) is 10.6. The van der Waals surface area contributed by atoms with Crippen LogP contribution in [0.3, 0.4) is 0 Å². The van der Waals surface area contributed by atoms with Crippen molar-refractivity contribution in [2.24, 2.45) is 0 Å². The minimum Gasteiger partial charge on any atom is -0.447 e. The van der Waals surface area contributed by atoms with Gasteiger partial charge in [-0.15, -0.1) is 0 Å². The van der Waals surface area contributed by atoms with E-state index in [0.717, 1.165) is 13.0 Å². The molecule has 2 aromatic rings. The molecule has 1 N–H and O–H groups in total. The molecule has 0 spiro atoms. The van der Waals surface area contributed by atoms with Crippen molar-refractivity contribution in [3.8, 4) is 11.5 Å². The van der Waals surface area contributed by atoms with E-state index in [1.165, 1.54) is 18.3 Å². The van der Waals surface area contributed by atoms with Crippen LogP contribution in [0, 0.1) is 10.1 Å². The summed E-state index contributed by atoms with van der Waals surface area (Å²) in [5, 5.41) is 24.7. The van der Waals surface area contributed by atoms with Gasteiger partial charge in [-0.2, -0.15) is 5.10 Å². The van der Waals surface area contributed by atoms with Gasteiger partial charge in [-0.1, -0.05) is 13.0 Å². The molecule has 1 aromatic heterocycles. The molecule has 1 atom stereocenters. The Bertz CT molecular complexity index is 637. The average molecular weight is 291 g/mol. The van der Waals surface area contributed by atoms with Crippen LogP contribution in [0.1, 0.15) is 31.9 Å². The number of aliphatic hydroxyl groups is 1. The fourth-order valence-electron chi connectivity index (χ4n) is 1.90. The Morgan fingerprint density at radius 1 is 1.52 bits per heavy atom. The number of benzene rings is 1. The topological polar surface area (TPSA) is 90.4 Å². The molecule has 2 rings (SSSR count). The highest BCUT2D eigenvalue weighted by atomic mass is 16.6. The van der Waals surface area contributed by atoms with Crippen LogP contribution in [0.25, 0.3) is 0 Å². The molecule has 0 saturated carbocycles. The lowest BCUT2D eigenvalue weighted by Crippen LogP contribution is -1.97. The van der Waals surface area contributed by atoms with E-state index in [1.54, 1.807) is 23.9 Å². The zero-order valence-electron chi connectivity index (χ0n) is 11.9. The van der Waals surface area contributed by atoms with E-state index in [1.807, 2.05) is 6.92 Å². The zero-order chi connectivity index (χ0) is 15.4. The second-order valence-corrected chi connectivity index (χ2v) is 4.70. The highest BCUT2D eigenvalue weighted by molar-refractivity contribution is 5.50. The maximum absolute atomic E-state index is 11.1. The molecule has 0 saturated heterocycles. The molecule has 0 amide bonds. The fourth-order valence-corrected chi connectivity index (χ4v) is 1.90. The van der Waals surface area contributed by atoms with Gasteiger partial charge in [0, 0.05) is 12.6 Å². The van der Waals surface area contributed by atoms with Gasteiger partial charge in [-0.3, -0.25) is 14.8 Å². The summed E-state index contributed by atoms with van der Waals surface area (Å²) in [6, 6.07) is 4.40. The lowest BCUT2D eigenvalue weighted by Gasteiger charge is -2.08. The van der Waals surface area contributed by atoms with Crippen molar-refractivity contribution in [3.63, 3.8) is 0 Å². The summed E-state index contributed by atoms with van der Waals surface area (Å²) in [6.07, 6.45) is 3.37. The summed E-state index contributed by atoms with van der Waals surface area (Å²) in [5.41, 5.74) is 0.285. The second-order valence-electron chi connectivity index (χ2n) is 4.70. The summed E-state index contributed by atoms with van der Waals surface area (Å²) in [5.74, 6) is 0.566. The number of nitro benzene ring substituents is 1. The molecular weight excluding hydrogens is 274 g/mol. The summed E-state index contributed by atoms with van der Waals surface area (Å²) < 4.78 is 7.24. The van der Waals surface area contributed by atoms with Crippen LogP contribution in [0.15, 0.2) is 30.6 Å². The number of nitro groups is 1.